The molecule has 22 heavy (non-hydrogen) atoms. The van der Waals surface area contributed by atoms with Crippen molar-refractivity contribution in [2.45, 2.75) is 32.0 Å². The monoisotopic (exact) mass is 318 g/mol. The van der Waals surface area contributed by atoms with Crippen LogP contribution in [0.25, 0.3) is 0 Å². The van der Waals surface area contributed by atoms with E-state index in [1.165, 1.54) is 18.2 Å². The molecule has 122 valence electrons. The number of rotatable bonds is 4. The second kappa shape index (κ2) is 6.97. The molecule has 1 aromatic carbocycles. The minimum atomic E-state index is -4.77. The van der Waals surface area contributed by atoms with E-state index in [4.69, 9.17) is 4.74 Å². The second-order valence-corrected chi connectivity index (χ2v) is 4.88. The van der Waals surface area contributed by atoms with Gasteiger partial charge in [0.25, 0.3) is 0 Å². The van der Waals surface area contributed by atoms with Crippen molar-refractivity contribution < 1.29 is 27.4 Å². The number of halogens is 3. The van der Waals surface area contributed by atoms with E-state index in [1.54, 1.807) is 13.0 Å². The highest BCUT2D eigenvalue weighted by molar-refractivity contribution is 5.82. The van der Waals surface area contributed by atoms with E-state index in [9.17, 15) is 18.0 Å². The maximum atomic E-state index is 12.3. The normalized spacial score (nSPS) is 22.2. The van der Waals surface area contributed by atoms with Crippen LogP contribution in [0.2, 0.25) is 0 Å². The lowest BCUT2D eigenvalue weighted by molar-refractivity contribution is -0.274. The van der Waals surface area contributed by atoms with Gasteiger partial charge in [-0.1, -0.05) is 18.2 Å². The summed E-state index contributed by atoms with van der Waals surface area (Å²) in [5.41, 5.74) is 0.248. The maximum absolute atomic E-state index is 12.3. The molecule has 0 unspecified atom stereocenters. The summed E-state index contributed by atoms with van der Waals surface area (Å²) in [4.78, 5) is 12.1. The number of para-hydroxylation sites is 1. The van der Waals surface area contributed by atoms with Gasteiger partial charge in [-0.25, -0.2) is 0 Å². The number of hydrogen-bond donors (Lipinski definition) is 2. The van der Waals surface area contributed by atoms with Crippen molar-refractivity contribution in [1.29, 1.82) is 0 Å². The highest BCUT2D eigenvalue weighted by Gasteiger charge is 2.32. The van der Waals surface area contributed by atoms with Gasteiger partial charge in [0.05, 0.1) is 12.7 Å². The Bertz CT molecular complexity index is 522. The van der Waals surface area contributed by atoms with E-state index >= 15 is 0 Å². The molecule has 1 aliphatic heterocycles. The molecule has 5 nitrogen and oxygen atoms in total. The molecule has 0 aromatic heterocycles. The third-order valence-corrected chi connectivity index (χ3v) is 3.25. The number of benzene rings is 1. The van der Waals surface area contributed by atoms with Gasteiger partial charge in [0, 0.05) is 18.7 Å². The van der Waals surface area contributed by atoms with Gasteiger partial charge >= 0.3 is 6.36 Å². The zero-order valence-electron chi connectivity index (χ0n) is 11.9. The van der Waals surface area contributed by atoms with E-state index in [1.807, 2.05) is 0 Å². The number of alkyl halides is 3. The highest BCUT2D eigenvalue weighted by Crippen LogP contribution is 2.26. The predicted molar refractivity (Wildman–Crippen MR) is 72.2 cm³/mol. The van der Waals surface area contributed by atoms with Crippen LogP contribution in [0.1, 0.15) is 12.5 Å². The third kappa shape index (κ3) is 4.60. The summed E-state index contributed by atoms with van der Waals surface area (Å²) in [5.74, 6) is -0.648. The van der Waals surface area contributed by atoms with Crippen LogP contribution in [0, 0.1) is 0 Å². The highest BCUT2D eigenvalue weighted by atomic mass is 19.4. The summed E-state index contributed by atoms with van der Waals surface area (Å²) in [5, 5.41) is 5.61. The lowest BCUT2D eigenvalue weighted by atomic mass is 10.1. The summed E-state index contributed by atoms with van der Waals surface area (Å²) in [7, 11) is 0. The van der Waals surface area contributed by atoms with Crippen LogP contribution in [0.4, 0.5) is 13.2 Å². The molecule has 1 fully saturated rings. The molecule has 0 aliphatic carbocycles. The molecule has 1 aliphatic rings. The number of carbonyl (C=O) groups excluding carboxylic acids is 1. The van der Waals surface area contributed by atoms with Crippen LogP contribution >= 0.6 is 0 Å². The van der Waals surface area contributed by atoms with Crippen LogP contribution in [-0.2, 0) is 16.1 Å². The number of nitrogens with one attached hydrogen (secondary N) is 2. The second-order valence-electron chi connectivity index (χ2n) is 4.88. The zero-order chi connectivity index (χ0) is 16.2. The van der Waals surface area contributed by atoms with E-state index in [0.29, 0.717) is 13.2 Å². The average Bonchev–Trinajstić information content (AvgIpc) is 2.45. The smallest absolute Gasteiger partial charge is 0.405 e. The molecule has 2 N–H and O–H groups in total. The number of hydrogen-bond acceptors (Lipinski definition) is 4. The molecule has 1 saturated heterocycles. The third-order valence-electron chi connectivity index (χ3n) is 3.25. The van der Waals surface area contributed by atoms with Gasteiger partial charge in [0.2, 0.25) is 5.91 Å². The SMILES string of the molecule is C[C@H]1OCCN[C@@H]1C(=O)NCc1ccccc1OC(F)(F)F. The minimum absolute atomic E-state index is 0.0595. The van der Waals surface area contributed by atoms with Gasteiger partial charge in [-0.15, -0.1) is 13.2 Å². The maximum Gasteiger partial charge on any atom is 0.573 e. The van der Waals surface area contributed by atoms with Gasteiger partial charge in [-0.2, -0.15) is 0 Å². The molecule has 0 radical (unpaired) electrons. The van der Waals surface area contributed by atoms with Gasteiger partial charge in [-0.3, -0.25) is 4.79 Å². The van der Waals surface area contributed by atoms with Crippen LogP contribution in [-0.4, -0.2) is 37.6 Å². The van der Waals surface area contributed by atoms with Crippen molar-refractivity contribution in [3.63, 3.8) is 0 Å². The Kier molecular flexibility index (Phi) is 5.25. The molecule has 2 atom stereocenters. The zero-order valence-corrected chi connectivity index (χ0v) is 11.9. The molecular weight excluding hydrogens is 301 g/mol. The fraction of sp³-hybridized carbons (Fsp3) is 0.500. The fourth-order valence-corrected chi connectivity index (χ4v) is 2.19. The van der Waals surface area contributed by atoms with Crippen LogP contribution in [0.15, 0.2) is 24.3 Å². The quantitative estimate of drug-likeness (QED) is 0.885. The van der Waals surface area contributed by atoms with E-state index in [-0.39, 0.29) is 29.9 Å². The molecule has 0 bridgehead atoms. The Morgan fingerprint density at radius 2 is 2.18 bits per heavy atom. The number of morpholine rings is 1. The number of ether oxygens (including phenoxy) is 2. The Morgan fingerprint density at radius 3 is 2.86 bits per heavy atom. The predicted octanol–water partition coefficient (Wildman–Crippen LogP) is 1.58. The molecule has 8 heteroatoms. The minimum Gasteiger partial charge on any atom is -0.405 e. The number of carbonyl (C=O) groups is 1. The lowest BCUT2D eigenvalue weighted by Gasteiger charge is -2.29. The first-order valence-electron chi connectivity index (χ1n) is 6.83. The van der Waals surface area contributed by atoms with Gasteiger partial charge in [0.1, 0.15) is 11.8 Å². The average molecular weight is 318 g/mol. The van der Waals surface area contributed by atoms with Gasteiger partial charge in [-0.05, 0) is 13.0 Å². The summed E-state index contributed by atoms with van der Waals surface area (Å²) >= 11 is 0. The topological polar surface area (TPSA) is 59.6 Å². The van der Waals surface area contributed by atoms with Crippen molar-refractivity contribution in [2.24, 2.45) is 0 Å². The van der Waals surface area contributed by atoms with Crippen LogP contribution in [0.5, 0.6) is 5.75 Å². The number of amides is 1. The van der Waals surface area contributed by atoms with E-state index in [2.05, 4.69) is 15.4 Å². The molecule has 0 saturated carbocycles. The lowest BCUT2D eigenvalue weighted by Crippen LogP contribution is -2.55. The largest absolute Gasteiger partial charge is 0.573 e. The van der Waals surface area contributed by atoms with Crippen molar-refractivity contribution >= 4 is 5.91 Å². The first-order chi connectivity index (χ1) is 10.4. The molecule has 0 spiro atoms. The van der Waals surface area contributed by atoms with Crippen molar-refractivity contribution in [3.8, 4) is 5.75 Å². The summed E-state index contributed by atoms with van der Waals surface area (Å²) in [6, 6.07) is 5.17. The van der Waals surface area contributed by atoms with Crippen LogP contribution < -0.4 is 15.4 Å². The Hall–Kier alpha value is -1.80. The van der Waals surface area contributed by atoms with E-state index in [0.717, 1.165) is 0 Å². The fourth-order valence-electron chi connectivity index (χ4n) is 2.19. The summed E-state index contributed by atoms with van der Waals surface area (Å²) in [6.07, 6.45) is -5.07. The van der Waals surface area contributed by atoms with Gasteiger partial charge < -0.3 is 20.1 Å². The summed E-state index contributed by atoms with van der Waals surface area (Å²) < 4.78 is 46.3. The van der Waals surface area contributed by atoms with Crippen molar-refractivity contribution in [2.75, 3.05) is 13.2 Å². The molecular formula is C14H17F3N2O3. The molecule has 1 aromatic rings. The molecule has 1 amide bonds. The molecule has 2 rings (SSSR count). The molecule has 1 heterocycles. The van der Waals surface area contributed by atoms with Crippen molar-refractivity contribution in [3.05, 3.63) is 29.8 Å². The summed E-state index contributed by atoms with van der Waals surface area (Å²) in [6.45, 7) is 2.77. The van der Waals surface area contributed by atoms with Crippen LogP contribution in [0.3, 0.4) is 0 Å². The standard InChI is InChI=1S/C14H17F3N2O3/c1-9-12(18-6-7-21-9)13(20)19-8-10-4-2-3-5-11(10)22-14(15,16)17/h2-5,9,12,18H,6-8H2,1H3,(H,19,20)/t9-,12+/m1/s1. The Labute approximate surface area is 125 Å². The van der Waals surface area contributed by atoms with Crippen molar-refractivity contribution in [1.82, 2.24) is 10.6 Å². The first kappa shape index (κ1) is 16.6. The Morgan fingerprint density at radius 1 is 1.45 bits per heavy atom. The first-order valence-corrected chi connectivity index (χ1v) is 6.83. The van der Waals surface area contributed by atoms with Gasteiger partial charge in [0.15, 0.2) is 0 Å². The van der Waals surface area contributed by atoms with E-state index < -0.39 is 12.4 Å². The Balaban J connectivity index is 1.98.